The second-order valence-electron chi connectivity index (χ2n) is 6.35. The van der Waals surface area contributed by atoms with Gasteiger partial charge in [0.05, 0.1) is 6.33 Å². The molecule has 2 fully saturated rings. The maximum Gasteiger partial charge on any atom is 0.263 e. The first-order valence-electron chi connectivity index (χ1n) is 7.61. The van der Waals surface area contributed by atoms with E-state index >= 15 is 0 Å². The summed E-state index contributed by atoms with van der Waals surface area (Å²) in [6.07, 6.45) is 6.79. The number of fused-ring (bicyclic) bond motifs is 1. The van der Waals surface area contributed by atoms with Crippen molar-refractivity contribution in [3.05, 3.63) is 11.5 Å². The Morgan fingerprint density at radius 2 is 2.00 bits per heavy atom. The lowest BCUT2D eigenvalue weighted by atomic mass is 9.74. The van der Waals surface area contributed by atoms with Crippen LogP contribution in [-0.4, -0.2) is 34.9 Å². The SMILES string of the molecule is C[C@@H]1CCN(S(=O)(=O)c2ncn(C)c2Cl)[C@H]2CCCC[C@@H]12. The molecule has 118 valence electrons. The molecule has 2 heterocycles. The van der Waals surface area contributed by atoms with E-state index in [-0.39, 0.29) is 16.2 Å². The Balaban J connectivity index is 1.96. The Kier molecular flexibility index (Phi) is 4.05. The van der Waals surface area contributed by atoms with Crippen LogP contribution < -0.4 is 0 Å². The summed E-state index contributed by atoms with van der Waals surface area (Å²) < 4.78 is 29.1. The molecule has 1 aromatic rings. The van der Waals surface area contributed by atoms with Crippen molar-refractivity contribution in [1.82, 2.24) is 13.9 Å². The summed E-state index contributed by atoms with van der Waals surface area (Å²) in [4.78, 5) is 4.02. The van der Waals surface area contributed by atoms with E-state index in [1.54, 1.807) is 15.9 Å². The minimum Gasteiger partial charge on any atom is -0.324 e. The summed E-state index contributed by atoms with van der Waals surface area (Å²) >= 11 is 6.11. The molecule has 1 aliphatic carbocycles. The van der Waals surface area contributed by atoms with Gasteiger partial charge in [0.15, 0.2) is 0 Å². The number of aryl methyl sites for hydroxylation is 1. The van der Waals surface area contributed by atoms with Gasteiger partial charge in [-0.2, -0.15) is 4.31 Å². The molecule has 1 saturated heterocycles. The maximum atomic E-state index is 12.9. The van der Waals surface area contributed by atoms with Crippen LogP contribution >= 0.6 is 11.6 Å². The lowest BCUT2D eigenvalue weighted by Gasteiger charge is -2.46. The van der Waals surface area contributed by atoms with Crippen molar-refractivity contribution in [2.75, 3.05) is 6.54 Å². The molecular formula is C14H22ClN3O2S. The largest absolute Gasteiger partial charge is 0.324 e. The van der Waals surface area contributed by atoms with Gasteiger partial charge < -0.3 is 4.57 Å². The second-order valence-corrected chi connectivity index (χ2v) is 8.51. The molecule has 3 rings (SSSR count). The lowest BCUT2D eigenvalue weighted by Crippen LogP contribution is -2.52. The predicted octanol–water partition coefficient (Wildman–Crippen LogP) is 2.66. The van der Waals surface area contributed by atoms with Crippen LogP contribution in [-0.2, 0) is 17.1 Å². The van der Waals surface area contributed by atoms with E-state index in [1.807, 2.05) is 0 Å². The quantitative estimate of drug-likeness (QED) is 0.837. The number of nitrogens with zero attached hydrogens (tertiary/aromatic N) is 3. The molecule has 0 spiro atoms. The van der Waals surface area contributed by atoms with E-state index < -0.39 is 10.0 Å². The van der Waals surface area contributed by atoms with Gasteiger partial charge in [-0.05, 0) is 31.1 Å². The molecule has 2 aliphatic rings. The molecule has 0 unspecified atom stereocenters. The van der Waals surface area contributed by atoms with Gasteiger partial charge in [-0.3, -0.25) is 0 Å². The monoisotopic (exact) mass is 331 g/mol. The van der Waals surface area contributed by atoms with Crippen molar-refractivity contribution in [1.29, 1.82) is 0 Å². The highest BCUT2D eigenvalue weighted by atomic mass is 35.5. The number of rotatable bonds is 2. The van der Waals surface area contributed by atoms with Gasteiger partial charge >= 0.3 is 0 Å². The Bertz CT molecular complexity index is 628. The first-order valence-corrected chi connectivity index (χ1v) is 9.43. The molecule has 0 aromatic carbocycles. The minimum absolute atomic E-state index is 0.00513. The second kappa shape index (κ2) is 5.56. The smallest absolute Gasteiger partial charge is 0.263 e. The van der Waals surface area contributed by atoms with Crippen molar-refractivity contribution in [2.24, 2.45) is 18.9 Å². The Hall–Kier alpha value is -0.590. The fourth-order valence-corrected chi connectivity index (χ4v) is 5.96. The zero-order valence-electron chi connectivity index (χ0n) is 12.5. The summed E-state index contributed by atoms with van der Waals surface area (Å²) in [5.74, 6) is 1.07. The van der Waals surface area contributed by atoms with Crippen molar-refractivity contribution in [3.63, 3.8) is 0 Å². The molecule has 1 aromatic heterocycles. The average Bonchev–Trinajstić information content (AvgIpc) is 2.80. The number of piperidine rings is 1. The molecule has 5 nitrogen and oxygen atoms in total. The summed E-state index contributed by atoms with van der Waals surface area (Å²) in [5.41, 5.74) is 0. The third-order valence-corrected chi connectivity index (χ3v) is 7.49. The molecule has 0 bridgehead atoms. The summed E-state index contributed by atoms with van der Waals surface area (Å²) in [6.45, 7) is 2.83. The van der Waals surface area contributed by atoms with Crippen molar-refractivity contribution >= 4 is 21.6 Å². The number of hydrogen-bond acceptors (Lipinski definition) is 3. The van der Waals surface area contributed by atoms with Crippen LogP contribution in [0.25, 0.3) is 0 Å². The van der Waals surface area contributed by atoms with Crippen molar-refractivity contribution < 1.29 is 8.42 Å². The van der Waals surface area contributed by atoms with Crippen LogP contribution in [0.2, 0.25) is 5.15 Å². The Labute approximate surface area is 131 Å². The third kappa shape index (κ3) is 2.51. The number of halogens is 1. The molecule has 1 saturated carbocycles. The third-order valence-electron chi connectivity index (χ3n) is 5.07. The maximum absolute atomic E-state index is 12.9. The number of sulfonamides is 1. The highest BCUT2D eigenvalue weighted by Gasteiger charge is 2.44. The zero-order chi connectivity index (χ0) is 15.2. The number of imidazole rings is 1. The minimum atomic E-state index is -3.60. The average molecular weight is 332 g/mol. The van der Waals surface area contributed by atoms with Gasteiger partial charge in [0.25, 0.3) is 10.0 Å². The molecule has 7 heteroatoms. The van der Waals surface area contributed by atoms with Gasteiger partial charge in [-0.15, -0.1) is 0 Å². The molecule has 21 heavy (non-hydrogen) atoms. The number of aromatic nitrogens is 2. The van der Waals surface area contributed by atoms with Gasteiger partial charge in [-0.25, -0.2) is 13.4 Å². The van der Waals surface area contributed by atoms with Crippen LogP contribution in [0.3, 0.4) is 0 Å². The first kappa shape index (κ1) is 15.3. The van der Waals surface area contributed by atoms with Crippen LogP contribution in [0.5, 0.6) is 0 Å². The molecule has 1 aliphatic heterocycles. The van der Waals surface area contributed by atoms with E-state index in [4.69, 9.17) is 11.6 Å². The summed E-state index contributed by atoms with van der Waals surface area (Å²) in [5, 5.41) is 0.200. The zero-order valence-corrected chi connectivity index (χ0v) is 14.1. The first-order chi connectivity index (χ1) is 9.93. The fraction of sp³-hybridized carbons (Fsp3) is 0.786. The van der Waals surface area contributed by atoms with Crippen LogP contribution in [0, 0.1) is 11.8 Å². The van der Waals surface area contributed by atoms with Crippen LogP contribution in [0.15, 0.2) is 11.4 Å². The Morgan fingerprint density at radius 1 is 1.29 bits per heavy atom. The van der Waals surface area contributed by atoms with Crippen molar-refractivity contribution in [2.45, 2.75) is 50.1 Å². The molecule has 3 atom stereocenters. The van der Waals surface area contributed by atoms with Gasteiger partial charge in [0.1, 0.15) is 5.15 Å². The summed E-state index contributed by atoms with van der Waals surface area (Å²) in [6, 6.07) is 0.116. The lowest BCUT2D eigenvalue weighted by molar-refractivity contribution is 0.0825. The molecular weight excluding hydrogens is 310 g/mol. The summed E-state index contributed by atoms with van der Waals surface area (Å²) in [7, 11) is -1.89. The van der Waals surface area contributed by atoms with E-state index in [1.165, 1.54) is 12.7 Å². The van der Waals surface area contributed by atoms with E-state index in [2.05, 4.69) is 11.9 Å². The molecule has 0 N–H and O–H groups in total. The normalized spacial score (nSPS) is 31.1. The topological polar surface area (TPSA) is 55.2 Å². The fourth-order valence-electron chi connectivity index (χ4n) is 3.85. The van der Waals surface area contributed by atoms with Crippen LogP contribution in [0.4, 0.5) is 0 Å². The highest BCUT2D eigenvalue weighted by molar-refractivity contribution is 7.89. The van der Waals surface area contributed by atoms with Crippen LogP contribution in [0.1, 0.15) is 39.0 Å². The van der Waals surface area contributed by atoms with E-state index in [0.717, 1.165) is 25.7 Å². The van der Waals surface area contributed by atoms with Gasteiger partial charge in [0.2, 0.25) is 5.03 Å². The predicted molar refractivity (Wildman–Crippen MR) is 81.6 cm³/mol. The highest BCUT2D eigenvalue weighted by Crippen LogP contribution is 2.41. The number of hydrogen-bond donors (Lipinski definition) is 0. The standard InChI is InChI=1S/C14H22ClN3O2S/c1-10-7-8-18(12-6-4-3-5-11(10)12)21(19,20)14-13(15)17(2)9-16-14/h9-12H,3-8H2,1-2H3/t10-,11+,12+/m1/s1. The van der Waals surface area contributed by atoms with E-state index in [0.29, 0.717) is 18.4 Å². The molecule has 0 radical (unpaired) electrons. The Morgan fingerprint density at radius 3 is 2.67 bits per heavy atom. The van der Waals surface area contributed by atoms with Gasteiger partial charge in [0, 0.05) is 19.6 Å². The van der Waals surface area contributed by atoms with Crippen molar-refractivity contribution in [3.8, 4) is 0 Å². The van der Waals surface area contributed by atoms with E-state index in [9.17, 15) is 8.42 Å². The van der Waals surface area contributed by atoms with Gasteiger partial charge in [-0.1, -0.05) is 31.4 Å². The molecule has 0 amide bonds.